The number of anilines is 1. The van der Waals surface area contributed by atoms with Gasteiger partial charge in [-0.05, 0) is 40.8 Å². The Morgan fingerprint density at radius 3 is 2.81 bits per heavy atom. The molecule has 0 spiro atoms. The first kappa shape index (κ1) is 12.4. The first-order valence-electron chi connectivity index (χ1n) is 4.08. The van der Waals surface area contributed by atoms with Crippen LogP contribution in [0.5, 0.6) is 0 Å². The Morgan fingerprint density at radius 2 is 2.31 bits per heavy atom. The highest BCUT2D eigenvalue weighted by Gasteiger charge is 2.03. The van der Waals surface area contributed by atoms with Crippen molar-refractivity contribution in [3.63, 3.8) is 0 Å². The Labute approximate surface area is 105 Å². The molecule has 7 heteroatoms. The zero-order valence-corrected chi connectivity index (χ0v) is 10.1. The Bertz CT molecular complexity index is 491. The molecule has 0 aliphatic carbocycles. The normalized spacial score (nSPS) is 10.7. The average molecular weight is 331 g/mol. The number of hydrogen-bond donors (Lipinski definition) is 3. The number of nitrogens with one attached hydrogen (secondary N) is 2. The standard InChI is InChI=1S/C9H7FIN5/c10-5-1-2-7(6(11)3-5)15-16-8(4-12)9(13)14/h1-3,15H,(H3,13,14)/b16-8+. The summed E-state index contributed by atoms with van der Waals surface area (Å²) in [5, 5.41) is 19.2. The molecule has 0 fully saturated rings. The highest BCUT2D eigenvalue weighted by Crippen LogP contribution is 2.18. The fourth-order valence-corrected chi connectivity index (χ4v) is 1.44. The van der Waals surface area contributed by atoms with Crippen molar-refractivity contribution in [1.82, 2.24) is 0 Å². The summed E-state index contributed by atoms with van der Waals surface area (Å²) in [6.45, 7) is 0. The monoisotopic (exact) mass is 331 g/mol. The molecule has 1 aromatic carbocycles. The molecule has 0 aliphatic rings. The number of amidine groups is 1. The van der Waals surface area contributed by atoms with Gasteiger partial charge in [-0.25, -0.2) is 4.39 Å². The molecule has 16 heavy (non-hydrogen) atoms. The summed E-state index contributed by atoms with van der Waals surface area (Å²) in [7, 11) is 0. The molecule has 0 radical (unpaired) electrons. The largest absolute Gasteiger partial charge is 0.382 e. The second-order valence-corrected chi connectivity index (χ2v) is 3.88. The van der Waals surface area contributed by atoms with Gasteiger partial charge in [0.2, 0.25) is 5.71 Å². The average Bonchev–Trinajstić information content (AvgIpc) is 2.21. The van der Waals surface area contributed by atoms with E-state index in [4.69, 9.17) is 16.4 Å². The predicted octanol–water partition coefficient (Wildman–Crippen LogP) is 1.66. The molecule has 0 saturated carbocycles. The molecule has 0 saturated heterocycles. The molecule has 5 nitrogen and oxygen atoms in total. The Kier molecular flexibility index (Phi) is 4.19. The summed E-state index contributed by atoms with van der Waals surface area (Å²) in [4.78, 5) is 0. The number of hydrogen-bond acceptors (Lipinski definition) is 4. The molecule has 0 unspecified atom stereocenters. The molecule has 82 valence electrons. The van der Waals surface area contributed by atoms with Crippen molar-refractivity contribution in [2.24, 2.45) is 10.8 Å². The van der Waals surface area contributed by atoms with Gasteiger partial charge >= 0.3 is 0 Å². The van der Waals surface area contributed by atoms with Crippen LogP contribution in [0.25, 0.3) is 0 Å². The molecule has 0 atom stereocenters. The summed E-state index contributed by atoms with van der Waals surface area (Å²) in [5.74, 6) is -0.780. The third kappa shape index (κ3) is 3.16. The van der Waals surface area contributed by atoms with Crippen LogP contribution in [-0.2, 0) is 0 Å². The van der Waals surface area contributed by atoms with E-state index in [1.54, 1.807) is 6.07 Å². The summed E-state index contributed by atoms with van der Waals surface area (Å²) in [6.07, 6.45) is 0. The predicted molar refractivity (Wildman–Crippen MR) is 67.7 cm³/mol. The van der Waals surface area contributed by atoms with E-state index in [-0.39, 0.29) is 11.5 Å². The number of nitrogens with zero attached hydrogens (tertiary/aromatic N) is 2. The zero-order valence-electron chi connectivity index (χ0n) is 7.96. The molecule has 0 aromatic heterocycles. The third-order valence-electron chi connectivity index (χ3n) is 1.58. The van der Waals surface area contributed by atoms with Crippen molar-refractivity contribution < 1.29 is 4.39 Å². The molecule has 0 heterocycles. The zero-order chi connectivity index (χ0) is 12.1. The summed E-state index contributed by atoms with van der Waals surface area (Å²) < 4.78 is 13.4. The van der Waals surface area contributed by atoms with E-state index in [0.717, 1.165) is 0 Å². The van der Waals surface area contributed by atoms with Crippen molar-refractivity contribution in [2.45, 2.75) is 0 Å². The SMILES string of the molecule is N#C/C(=N\Nc1ccc(F)cc1I)C(=N)N. The van der Waals surface area contributed by atoms with Crippen molar-refractivity contribution in [2.75, 3.05) is 5.43 Å². The summed E-state index contributed by atoms with van der Waals surface area (Å²) >= 11 is 1.92. The third-order valence-corrected chi connectivity index (χ3v) is 2.47. The lowest BCUT2D eigenvalue weighted by Crippen LogP contribution is -2.21. The van der Waals surface area contributed by atoms with Crippen LogP contribution in [0.3, 0.4) is 0 Å². The fourth-order valence-electron chi connectivity index (χ4n) is 0.842. The van der Waals surface area contributed by atoms with Gasteiger partial charge in [-0.1, -0.05) is 0 Å². The van der Waals surface area contributed by atoms with Crippen LogP contribution in [0.1, 0.15) is 0 Å². The lowest BCUT2D eigenvalue weighted by molar-refractivity contribution is 0.627. The lowest BCUT2D eigenvalue weighted by Gasteiger charge is -2.03. The van der Waals surface area contributed by atoms with E-state index in [0.29, 0.717) is 9.26 Å². The molecule has 0 aliphatic heterocycles. The number of nitrogens with two attached hydrogens (primary N) is 1. The van der Waals surface area contributed by atoms with Crippen molar-refractivity contribution in [1.29, 1.82) is 10.7 Å². The lowest BCUT2D eigenvalue weighted by atomic mass is 10.3. The van der Waals surface area contributed by atoms with Gasteiger partial charge in [-0.15, -0.1) is 0 Å². The first-order valence-corrected chi connectivity index (χ1v) is 5.15. The quantitative estimate of drug-likeness (QED) is 0.340. The van der Waals surface area contributed by atoms with E-state index < -0.39 is 5.84 Å². The Morgan fingerprint density at radius 1 is 1.62 bits per heavy atom. The van der Waals surface area contributed by atoms with Crippen LogP contribution in [0.4, 0.5) is 10.1 Å². The van der Waals surface area contributed by atoms with Gasteiger partial charge in [-0.3, -0.25) is 10.8 Å². The van der Waals surface area contributed by atoms with Crippen LogP contribution in [0.2, 0.25) is 0 Å². The van der Waals surface area contributed by atoms with Crippen LogP contribution < -0.4 is 11.2 Å². The van der Waals surface area contributed by atoms with Gasteiger partial charge in [0.1, 0.15) is 11.9 Å². The number of benzene rings is 1. The van der Waals surface area contributed by atoms with Gasteiger partial charge in [0.05, 0.1) is 5.69 Å². The highest BCUT2D eigenvalue weighted by atomic mass is 127. The van der Waals surface area contributed by atoms with E-state index in [1.807, 2.05) is 22.6 Å². The van der Waals surface area contributed by atoms with E-state index in [2.05, 4.69) is 10.5 Å². The second-order valence-electron chi connectivity index (χ2n) is 2.72. The summed E-state index contributed by atoms with van der Waals surface area (Å²) in [6, 6.07) is 5.73. The minimum absolute atomic E-state index is 0.222. The highest BCUT2D eigenvalue weighted by molar-refractivity contribution is 14.1. The van der Waals surface area contributed by atoms with Crippen molar-refractivity contribution in [3.05, 3.63) is 27.6 Å². The topological polar surface area (TPSA) is 98.0 Å². The van der Waals surface area contributed by atoms with Crippen LogP contribution in [-0.4, -0.2) is 11.5 Å². The molecule has 1 rings (SSSR count). The minimum Gasteiger partial charge on any atom is -0.382 e. The molecule has 1 aromatic rings. The number of nitriles is 1. The fraction of sp³-hybridized carbons (Fsp3) is 0. The first-order chi connectivity index (χ1) is 7.54. The van der Waals surface area contributed by atoms with E-state index >= 15 is 0 Å². The van der Waals surface area contributed by atoms with Gasteiger partial charge in [0.25, 0.3) is 0 Å². The number of rotatable bonds is 3. The van der Waals surface area contributed by atoms with Gasteiger partial charge in [0.15, 0.2) is 5.84 Å². The van der Waals surface area contributed by atoms with Gasteiger partial charge in [0, 0.05) is 3.57 Å². The minimum atomic E-state index is -0.424. The molecule has 0 bridgehead atoms. The maximum absolute atomic E-state index is 12.8. The molecular formula is C9H7FIN5. The van der Waals surface area contributed by atoms with Crippen molar-refractivity contribution >= 4 is 39.8 Å². The second kappa shape index (κ2) is 5.41. The van der Waals surface area contributed by atoms with Gasteiger partial charge < -0.3 is 5.73 Å². The number of hydrazone groups is 1. The van der Waals surface area contributed by atoms with Gasteiger partial charge in [-0.2, -0.15) is 10.4 Å². The molecular weight excluding hydrogens is 324 g/mol. The van der Waals surface area contributed by atoms with E-state index in [1.165, 1.54) is 18.2 Å². The maximum Gasteiger partial charge on any atom is 0.201 e. The van der Waals surface area contributed by atoms with Crippen molar-refractivity contribution in [3.8, 4) is 6.07 Å². The summed E-state index contributed by atoms with van der Waals surface area (Å²) in [5.41, 5.74) is 7.96. The smallest absolute Gasteiger partial charge is 0.201 e. The van der Waals surface area contributed by atoms with Crippen LogP contribution in [0.15, 0.2) is 23.3 Å². The Hall–Kier alpha value is -1.69. The van der Waals surface area contributed by atoms with Crippen LogP contribution in [0, 0.1) is 26.1 Å². The molecule has 4 N–H and O–H groups in total. The molecule has 0 amide bonds. The van der Waals surface area contributed by atoms with Crippen LogP contribution >= 0.6 is 22.6 Å². The maximum atomic E-state index is 12.8. The van der Waals surface area contributed by atoms with E-state index in [9.17, 15) is 4.39 Å². The number of halogens is 2. The Balaban J connectivity index is 2.90.